The van der Waals surface area contributed by atoms with Crippen LogP contribution < -0.4 is 0 Å². The molecule has 0 saturated heterocycles. The van der Waals surface area contributed by atoms with Crippen LogP contribution in [0.25, 0.3) is 0 Å². The molecule has 0 bridgehead atoms. The van der Waals surface area contributed by atoms with Gasteiger partial charge < -0.3 is 0 Å². The quantitative estimate of drug-likeness (QED) is 0.392. The van der Waals surface area contributed by atoms with E-state index in [1.54, 1.807) is 0 Å². The molecule has 0 nitrogen and oxygen atoms in total. The van der Waals surface area contributed by atoms with Gasteiger partial charge in [-0.25, -0.2) is 0 Å². The van der Waals surface area contributed by atoms with E-state index in [1.807, 2.05) is 0 Å². The molecular formula is C5H6S2Se. The molecule has 1 rings (SSSR count). The van der Waals surface area contributed by atoms with Crippen molar-refractivity contribution in [3.8, 4) is 0 Å². The number of rotatable bonds is 1. The Bertz CT molecular complexity index is 145. The molecule has 1 heterocycles. The fourth-order valence-electron chi connectivity index (χ4n) is 0.438. The van der Waals surface area contributed by atoms with Crippen LogP contribution in [0, 0.1) is 0 Å². The van der Waals surface area contributed by atoms with Gasteiger partial charge in [-0.05, 0) is 0 Å². The van der Waals surface area contributed by atoms with Crippen molar-refractivity contribution < 1.29 is 0 Å². The van der Waals surface area contributed by atoms with Crippen molar-refractivity contribution in [2.75, 3.05) is 0 Å². The molecule has 0 aromatic carbocycles. The Balaban J connectivity index is 2.77. The molecule has 0 radical (unpaired) electrons. The van der Waals surface area contributed by atoms with Crippen molar-refractivity contribution in [2.24, 2.45) is 0 Å². The predicted octanol–water partition coefficient (Wildman–Crippen LogP) is 1.60. The summed E-state index contributed by atoms with van der Waals surface area (Å²) in [6.45, 7) is 0. The number of thiol groups is 2. The Labute approximate surface area is 65.9 Å². The first-order chi connectivity index (χ1) is 3.80. The molecule has 44 valence electrons. The van der Waals surface area contributed by atoms with Crippen LogP contribution in [0.2, 0.25) is 0 Å². The van der Waals surface area contributed by atoms with Crippen molar-refractivity contribution in [3.05, 3.63) is 21.5 Å². The zero-order valence-corrected chi connectivity index (χ0v) is 7.61. The summed E-state index contributed by atoms with van der Waals surface area (Å²) in [5.41, 5.74) is 0. The fraction of sp³-hybridized carbons (Fsp3) is 0.200. The molecule has 0 spiro atoms. The van der Waals surface area contributed by atoms with Gasteiger partial charge >= 0.3 is 65.9 Å². The van der Waals surface area contributed by atoms with E-state index in [0.29, 0.717) is 14.5 Å². The van der Waals surface area contributed by atoms with Crippen molar-refractivity contribution >= 4 is 39.8 Å². The molecule has 0 atom stereocenters. The Morgan fingerprint density at radius 3 is 2.50 bits per heavy atom. The molecule has 0 fully saturated rings. The summed E-state index contributed by atoms with van der Waals surface area (Å²) >= 11 is 8.87. The first kappa shape index (κ1) is 6.81. The van der Waals surface area contributed by atoms with Gasteiger partial charge in [-0.1, -0.05) is 0 Å². The van der Waals surface area contributed by atoms with E-state index in [-0.39, 0.29) is 4.58 Å². The minimum atomic E-state index is 0.157. The molecule has 0 N–H and O–H groups in total. The van der Waals surface area contributed by atoms with Crippen LogP contribution >= 0.6 is 25.3 Å². The van der Waals surface area contributed by atoms with Crippen LogP contribution in [-0.2, 0) is 0 Å². The molecule has 0 saturated carbocycles. The third-order valence-corrected chi connectivity index (χ3v) is 4.11. The second-order valence-corrected chi connectivity index (χ2v) is 4.88. The Hall–Kier alpha value is 0.699. The molecule has 0 unspecified atom stereocenters. The zero-order valence-electron chi connectivity index (χ0n) is 4.11. The van der Waals surface area contributed by atoms with E-state index in [9.17, 15) is 0 Å². The summed E-state index contributed by atoms with van der Waals surface area (Å²) in [7, 11) is 0. The van der Waals surface area contributed by atoms with Gasteiger partial charge in [0.1, 0.15) is 0 Å². The van der Waals surface area contributed by atoms with Crippen LogP contribution in [0.4, 0.5) is 0 Å². The van der Waals surface area contributed by atoms with Crippen LogP contribution in [0.15, 0.2) is 17.1 Å². The summed E-state index contributed by atoms with van der Waals surface area (Å²) in [5, 5.41) is 0. The molecule has 1 aromatic heterocycles. The van der Waals surface area contributed by atoms with Crippen LogP contribution in [0.1, 0.15) is 9.02 Å². The molecular weight excluding hydrogens is 203 g/mol. The molecule has 8 heavy (non-hydrogen) atoms. The van der Waals surface area contributed by atoms with E-state index in [4.69, 9.17) is 0 Å². The second kappa shape index (κ2) is 3.02. The molecule has 0 amide bonds. The molecule has 0 aliphatic heterocycles. The summed E-state index contributed by atoms with van der Waals surface area (Å²) in [5.74, 6) is 0. The van der Waals surface area contributed by atoms with Crippen molar-refractivity contribution in [1.82, 2.24) is 0 Å². The Kier molecular flexibility index (Phi) is 2.57. The molecule has 3 heteroatoms. The number of hydrogen-bond acceptors (Lipinski definition) is 2. The monoisotopic (exact) mass is 210 g/mol. The van der Waals surface area contributed by atoms with E-state index in [1.165, 1.54) is 4.44 Å². The van der Waals surface area contributed by atoms with Crippen LogP contribution in [-0.4, -0.2) is 14.5 Å². The normalized spacial score (nSPS) is 10.4. The van der Waals surface area contributed by atoms with Crippen LogP contribution in [0.5, 0.6) is 0 Å². The Morgan fingerprint density at radius 2 is 2.25 bits per heavy atom. The van der Waals surface area contributed by atoms with Crippen LogP contribution in [0.3, 0.4) is 0 Å². The van der Waals surface area contributed by atoms with E-state index < -0.39 is 0 Å². The fourth-order valence-corrected chi connectivity index (χ4v) is 2.49. The average Bonchev–Trinajstić information content (AvgIpc) is 2.12. The van der Waals surface area contributed by atoms with Gasteiger partial charge in [0.05, 0.1) is 0 Å². The van der Waals surface area contributed by atoms with Gasteiger partial charge in [0.25, 0.3) is 0 Å². The maximum absolute atomic E-state index is 4.16. The van der Waals surface area contributed by atoms with Gasteiger partial charge in [0.2, 0.25) is 0 Å². The van der Waals surface area contributed by atoms with Gasteiger partial charge in [-0.3, -0.25) is 0 Å². The summed E-state index contributed by atoms with van der Waals surface area (Å²) < 4.78 is 1.51. The first-order valence-corrected chi connectivity index (χ1v) is 5.08. The van der Waals surface area contributed by atoms with Crippen molar-refractivity contribution in [3.63, 3.8) is 0 Å². The summed E-state index contributed by atoms with van der Waals surface area (Å²) in [4.78, 5) is 2.17. The molecule has 1 aromatic rings. The molecule has 0 aliphatic carbocycles. The summed E-state index contributed by atoms with van der Waals surface area (Å²) in [6.07, 6.45) is 0. The number of hydrogen-bond donors (Lipinski definition) is 2. The van der Waals surface area contributed by atoms with Gasteiger partial charge in [-0.15, -0.1) is 0 Å². The SMILES string of the molecule is SC(S)c1ccc[se]1. The van der Waals surface area contributed by atoms with Crippen molar-refractivity contribution in [2.45, 2.75) is 4.58 Å². The third-order valence-electron chi connectivity index (χ3n) is 0.798. The topological polar surface area (TPSA) is 0 Å². The van der Waals surface area contributed by atoms with Crippen molar-refractivity contribution in [1.29, 1.82) is 0 Å². The standard InChI is InChI=1S/C5H6S2Se/c6-5(7)4-2-1-3-8-4/h1-3,5-7H. The average molecular weight is 209 g/mol. The maximum atomic E-state index is 4.16. The molecule has 0 aliphatic rings. The minimum absolute atomic E-state index is 0.157. The first-order valence-electron chi connectivity index (χ1n) is 2.20. The van der Waals surface area contributed by atoms with E-state index >= 15 is 0 Å². The van der Waals surface area contributed by atoms with Gasteiger partial charge in [-0.2, -0.15) is 0 Å². The van der Waals surface area contributed by atoms with Gasteiger partial charge in [0.15, 0.2) is 0 Å². The Morgan fingerprint density at radius 1 is 1.50 bits per heavy atom. The van der Waals surface area contributed by atoms with E-state index in [0.717, 1.165) is 0 Å². The summed E-state index contributed by atoms with van der Waals surface area (Å²) in [6, 6.07) is 4.15. The van der Waals surface area contributed by atoms with Gasteiger partial charge in [0, 0.05) is 0 Å². The zero-order chi connectivity index (χ0) is 5.98. The van der Waals surface area contributed by atoms with E-state index in [2.05, 4.69) is 42.3 Å². The third kappa shape index (κ3) is 1.59. The second-order valence-electron chi connectivity index (χ2n) is 1.39. The predicted molar refractivity (Wildman–Crippen MR) is 44.1 cm³/mol.